The van der Waals surface area contributed by atoms with E-state index >= 15 is 0 Å². The van der Waals surface area contributed by atoms with Gasteiger partial charge in [-0.05, 0) is 12.8 Å². The Morgan fingerprint density at radius 3 is 1.15 bits per heavy atom. The minimum absolute atomic E-state index is 1.11. The quantitative estimate of drug-likeness (QED) is 0.420. The second-order valence-corrected chi connectivity index (χ2v) is 3.83. The summed E-state index contributed by atoms with van der Waals surface area (Å²) in [7, 11) is 0. The predicted molar refractivity (Wildman–Crippen MR) is 77.4 cm³/mol. The van der Waals surface area contributed by atoms with Crippen molar-refractivity contribution in [2.45, 2.75) is 65.2 Å². The van der Waals surface area contributed by atoms with Gasteiger partial charge in [-0.3, -0.25) is 0 Å². The van der Waals surface area contributed by atoms with E-state index < -0.39 is 12.3 Å². The smallest absolute Gasteiger partial charge is 0.450 e. The van der Waals surface area contributed by atoms with Gasteiger partial charge in [0.15, 0.2) is 0 Å². The molecule has 0 unspecified atom stereocenters. The van der Waals surface area contributed by atoms with Crippen LogP contribution in [0.5, 0.6) is 0 Å². The molecule has 0 atom stereocenters. The van der Waals surface area contributed by atoms with Crippen LogP contribution in [-0.4, -0.2) is 32.7 Å². The van der Waals surface area contributed by atoms with E-state index in [1.54, 1.807) is 0 Å². The van der Waals surface area contributed by atoms with E-state index in [4.69, 9.17) is 30.0 Å². The van der Waals surface area contributed by atoms with E-state index in [1.807, 2.05) is 0 Å². The van der Waals surface area contributed by atoms with Crippen LogP contribution < -0.4 is 0 Å². The average molecular weight is 290 g/mol. The molecule has 0 aromatic rings. The highest BCUT2D eigenvalue weighted by atomic mass is 16.6. The van der Waals surface area contributed by atoms with Crippen molar-refractivity contribution in [3.8, 4) is 11.8 Å². The lowest BCUT2D eigenvalue weighted by molar-refractivity contribution is 0.135. The molecule has 0 saturated heterocycles. The highest BCUT2D eigenvalue weighted by Crippen LogP contribution is 1.99. The van der Waals surface area contributed by atoms with Crippen molar-refractivity contribution in [1.82, 2.24) is 0 Å². The molecule has 0 saturated carbocycles. The highest BCUT2D eigenvalue weighted by Gasteiger charge is 1.82. The molecule has 0 aliphatic heterocycles. The topological polar surface area (TPSA) is 115 Å². The number of unbranched alkanes of at least 4 members (excludes halogenated alkanes) is 6. The Morgan fingerprint density at radius 2 is 0.950 bits per heavy atom. The SMILES string of the molecule is CCCCCC#CCCCCC.O=C(O)O.O=C(O)O. The van der Waals surface area contributed by atoms with Crippen molar-refractivity contribution < 1.29 is 30.0 Å². The molecule has 0 heterocycles. The zero-order valence-corrected chi connectivity index (χ0v) is 12.3. The Balaban J connectivity index is -0.000000297. The van der Waals surface area contributed by atoms with E-state index in [-0.39, 0.29) is 0 Å². The molecule has 0 aliphatic rings. The summed E-state index contributed by atoms with van der Waals surface area (Å²) in [5, 5.41) is 27.9. The molecule has 20 heavy (non-hydrogen) atoms. The normalized spacial score (nSPS) is 7.90. The number of hydrogen-bond donors (Lipinski definition) is 4. The summed E-state index contributed by atoms with van der Waals surface area (Å²) < 4.78 is 0. The van der Waals surface area contributed by atoms with E-state index in [2.05, 4.69) is 25.7 Å². The first kappa shape index (κ1) is 23.2. The Labute approximate surface area is 120 Å². The molecule has 0 amide bonds. The molecule has 118 valence electrons. The molecule has 0 radical (unpaired) electrons. The monoisotopic (exact) mass is 290 g/mol. The predicted octanol–water partition coefficient (Wildman–Crippen LogP) is 4.60. The van der Waals surface area contributed by atoms with Crippen molar-refractivity contribution in [3.05, 3.63) is 0 Å². The van der Waals surface area contributed by atoms with E-state index in [9.17, 15) is 0 Å². The maximum Gasteiger partial charge on any atom is 0.503 e. The van der Waals surface area contributed by atoms with Gasteiger partial charge < -0.3 is 20.4 Å². The lowest BCUT2D eigenvalue weighted by Gasteiger charge is -1.90. The van der Waals surface area contributed by atoms with Crippen LogP contribution in [0.3, 0.4) is 0 Å². The van der Waals surface area contributed by atoms with Crippen LogP contribution in [0.25, 0.3) is 0 Å². The minimum Gasteiger partial charge on any atom is -0.450 e. The van der Waals surface area contributed by atoms with Crippen LogP contribution in [0.2, 0.25) is 0 Å². The van der Waals surface area contributed by atoms with Crippen LogP contribution in [-0.2, 0) is 0 Å². The van der Waals surface area contributed by atoms with Gasteiger partial charge in [0.2, 0.25) is 0 Å². The molecule has 6 nitrogen and oxygen atoms in total. The van der Waals surface area contributed by atoms with Crippen molar-refractivity contribution in [2.75, 3.05) is 0 Å². The average Bonchev–Trinajstić information content (AvgIpc) is 2.31. The van der Waals surface area contributed by atoms with Gasteiger partial charge in [0, 0.05) is 12.8 Å². The zero-order chi connectivity index (χ0) is 16.2. The van der Waals surface area contributed by atoms with Gasteiger partial charge in [0.1, 0.15) is 0 Å². The fourth-order valence-corrected chi connectivity index (χ4v) is 1.10. The first-order valence-corrected chi connectivity index (χ1v) is 6.67. The Hall–Kier alpha value is -1.90. The Morgan fingerprint density at radius 1 is 0.700 bits per heavy atom. The fourth-order valence-electron chi connectivity index (χ4n) is 1.10. The zero-order valence-electron chi connectivity index (χ0n) is 12.3. The van der Waals surface area contributed by atoms with E-state index in [1.165, 1.54) is 38.5 Å². The van der Waals surface area contributed by atoms with Gasteiger partial charge in [0.05, 0.1) is 0 Å². The lowest BCUT2D eigenvalue weighted by atomic mass is 10.2. The molecule has 0 fully saturated rings. The Bertz CT molecular complexity index is 243. The van der Waals surface area contributed by atoms with Crippen molar-refractivity contribution in [1.29, 1.82) is 0 Å². The second-order valence-electron chi connectivity index (χ2n) is 3.83. The molecular formula is C14H26O6. The number of carbonyl (C=O) groups is 2. The van der Waals surface area contributed by atoms with Crippen LogP contribution in [0.15, 0.2) is 0 Å². The van der Waals surface area contributed by atoms with Gasteiger partial charge >= 0.3 is 12.3 Å². The molecule has 0 spiro atoms. The molecule has 6 heteroatoms. The molecule has 0 rings (SSSR count). The van der Waals surface area contributed by atoms with Gasteiger partial charge in [0.25, 0.3) is 0 Å². The Kier molecular flexibility index (Phi) is 25.9. The summed E-state index contributed by atoms with van der Waals surface area (Å²) in [5.74, 6) is 6.46. The summed E-state index contributed by atoms with van der Waals surface area (Å²) in [5.41, 5.74) is 0. The summed E-state index contributed by atoms with van der Waals surface area (Å²) in [6, 6.07) is 0. The highest BCUT2D eigenvalue weighted by molar-refractivity contribution is 5.53. The van der Waals surface area contributed by atoms with E-state index in [0.29, 0.717) is 0 Å². The molecule has 0 bridgehead atoms. The molecule has 0 aromatic heterocycles. The summed E-state index contributed by atoms with van der Waals surface area (Å²) in [6.07, 6.45) is 6.41. The second kappa shape index (κ2) is 22.3. The third kappa shape index (κ3) is 72.8. The van der Waals surface area contributed by atoms with Gasteiger partial charge in [-0.25, -0.2) is 9.59 Å². The van der Waals surface area contributed by atoms with Gasteiger partial charge in [-0.2, -0.15) is 0 Å². The maximum atomic E-state index is 8.56. The molecule has 0 aliphatic carbocycles. The molecule has 4 N–H and O–H groups in total. The summed E-state index contributed by atoms with van der Waals surface area (Å²) in [4.78, 5) is 17.1. The first-order valence-electron chi connectivity index (χ1n) is 6.67. The fraction of sp³-hybridized carbons (Fsp3) is 0.714. The van der Waals surface area contributed by atoms with Crippen molar-refractivity contribution >= 4 is 12.3 Å². The lowest BCUT2D eigenvalue weighted by Crippen LogP contribution is -1.81. The van der Waals surface area contributed by atoms with Crippen molar-refractivity contribution in [2.24, 2.45) is 0 Å². The summed E-state index contributed by atoms with van der Waals surface area (Å²) in [6.45, 7) is 4.46. The third-order valence-electron chi connectivity index (χ3n) is 1.94. The van der Waals surface area contributed by atoms with E-state index in [0.717, 1.165) is 12.8 Å². The van der Waals surface area contributed by atoms with Crippen LogP contribution in [0.1, 0.15) is 65.2 Å². The minimum atomic E-state index is -1.83. The molecule has 0 aromatic carbocycles. The first-order chi connectivity index (χ1) is 9.38. The number of rotatable bonds is 6. The van der Waals surface area contributed by atoms with Gasteiger partial charge in [-0.15, -0.1) is 11.8 Å². The van der Waals surface area contributed by atoms with Crippen LogP contribution in [0, 0.1) is 11.8 Å². The largest absolute Gasteiger partial charge is 0.503 e. The van der Waals surface area contributed by atoms with Crippen LogP contribution in [0.4, 0.5) is 9.59 Å². The molecular weight excluding hydrogens is 264 g/mol. The summed E-state index contributed by atoms with van der Waals surface area (Å²) >= 11 is 0. The number of carboxylic acid groups (broad SMARTS) is 4. The van der Waals surface area contributed by atoms with Gasteiger partial charge in [-0.1, -0.05) is 39.5 Å². The number of hydrogen-bond acceptors (Lipinski definition) is 2. The van der Waals surface area contributed by atoms with Crippen LogP contribution >= 0.6 is 0 Å². The standard InChI is InChI=1S/C12H22.2CH2O3/c1-3-5-7-9-11-12-10-8-6-4-2;2*2-1(3)4/h3-10H2,1-2H3;2*(H2,2,3,4). The van der Waals surface area contributed by atoms with Crippen molar-refractivity contribution in [3.63, 3.8) is 0 Å². The maximum absolute atomic E-state index is 8.56. The third-order valence-corrected chi connectivity index (χ3v) is 1.94.